The van der Waals surface area contributed by atoms with Crippen LogP contribution in [0.2, 0.25) is 0 Å². The van der Waals surface area contributed by atoms with Crippen LogP contribution in [-0.4, -0.2) is 32.4 Å². The van der Waals surface area contributed by atoms with Gasteiger partial charge >= 0.3 is 5.69 Å². The van der Waals surface area contributed by atoms with Crippen LogP contribution in [-0.2, 0) is 17.9 Å². The number of hydrogen-bond acceptors (Lipinski definition) is 4. The summed E-state index contributed by atoms with van der Waals surface area (Å²) in [4.78, 5) is 33.2. The van der Waals surface area contributed by atoms with Crippen molar-refractivity contribution in [3.8, 4) is 0 Å². The molecule has 0 bridgehead atoms. The summed E-state index contributed by atoms with van der Waals surface area (Å²) in [6.07, 6.45) is 2.96. The summed E-state index contributed by atoms with van der Waals surface area (Å²) in [6, 6.07) is 5.56. The Morgan fingerprint density at radius 3 is 2.76 bits per heavy atom. The van der Waals surface area contributed by atoms with Gasteiger partial charge in [-0.05, 0) is 37.6 Å². The summed E-state index contributed by atoms with van der Waals surface area (Å²) in [6.45, 7) is 4.31. The number of amides is 1. The predicted octanol–water partition coefficient (Wildman–Crippen LogP) is 0.914. The summed E-state index contributed by atoms with van der Waals surface area (Å²) in [5, 5.41) is 0. The van der Waals surface area contributed by atoms with Crippen molar-refractivity contribution in [1.82, 2.24) is 19.4 Å². The van der Waals surface area contributed by atoms with E-state index in [9.17, 15) is 9.59 Å². The van der Waals surface area contributed by atoms with Gasteiger partial charge < -0.3 is 4.90 Å². The Hall–Kier alpha value is -2.50. The minimum absolute atomic E-state index is 0.0199. The van der Waals surface area contributed by atoms with E-state index in [0.29, 0.717) is 6.54 Å². The van der Waals surface area contributed by atoms with Crippen LogP contribution in [0.15, 0.2) is 35.4 Å². The minimum Gasteiger partial charge on any atom is -0.338 e. The van der Waals surface area contributed by atoms with E-state index in [0.717, 1.165) is 17.0 Å². The van der Waals surface area contributed by atoms with E-state index in [1.807, 2.05) is 26.0 Å². The van der Waals surface area contributed by atoms with Crippen molar-refractivity contribution < 1.29 is 4.79 Å². The third kappa shape index (κ3) is 3.98. The van der Waals surface area contributed by atoms with Crippen molar-refractivity contribution in [2.24, 2.45) is 0 Å². The molecule has 1 amide bonds. The van der Waals surface area contributed by atoms with Crippen molar-refractivity contribution in [2.45, 2.75) is 26.9 Å². The van der Waals surface area contributed by atoms with Gasteiger partial charge in [0.15, 0.2) is 0 Å². The summed E-state index contributed by atoms with van der Waals surface area (Å²) in [5.74, 6) is -0.161. The molecule has 0 saturated heterocycles. The fourth-order valence-corrected chi connectivity index (χ4v) is 2.11. The number of pyridine rings is 1. The molecule has 0 radical (unpaired) electrons. The van der Waals surface area contributed by atoms with Gasteiger partial charge in [0, 0.05) is 25.1 Å². The predicted molar refractivity (Wildman–Crippen MR) is 78.7 cm³/mol. The fourth-order valence-electron chi connectivity index (χ4n) is 2.11. The van der Waals surface area contributed by atoms with Gasteiger partial charge in [0.25, 0.3) is 0 Å². The molecule has 0 fully saturated rings. The monoisotopic (exact) mass is 286 g/mol. The van der Waals surface area contributed by atoms with Crippen molar-refractivity contribution in [2.75, 3.05) is 7.05 Å². The Morgan fingerprint density at radius 2 is 2.10 bits per heavy atom. The third-order valence-corrected chi connectivity index (χ3v) is 3.06. The molecule has 6 nitrogen and oxygen atoms in total. The number of carbonyl (C=O) groups excluding carboxylic acids is 1. The Bertz CT molecular complexity index is 689. The van der Waals surface area contributed by atoms with Crippen LogP contribution in [0.1, 0.15) is 17.0 Å². The zero-order valence-electron chi connectivity index (χ0n) is 12.4. The van der Waals surface area contributed by atoms with Gasteiger partial charge in [0.05, 0.1) is 12.2 Å². The molecule has 2 aromatic heterocycles. The summed E-state index contributed by atoms with van der Waals surface area (Å²) < 4.78 is 1.29. The van der Waals surface area contributed by atoms with E-state index >= 15 is 0 Å². The second-order valence-electron chi connectivity index (χ2n) is 5.06. The van der Waals surface area contributed by atoms with Crippen LogP contribution < -0.4 is 5.69 Å². The highest BCUT2D eigenvalue weighted by atomic mass is 16.2. The fraction of sp³-hybridized carbons (Fsp3) is 0.333. The maximum absolute atomic E-state index is 12.1. The highest BCUT2D eigenvalue weighted by molar-refractivity contribution is 5.75. The topological polar surface area (TPSA) is 68.1 Å². The molecule has 0 spiro atoms. The molecule has 0 atom stereocenters. The van der Waals surface area contributed by atoms with Crippen LogP contribution in [0.5, 0.6) is 0 Å². The first kappa shape index (κ1) is 14.9. The molecule has 0 aromatic carbocycles. The maximum atomic E-state index is 12.1. The highest BCUT2D eigenvalue weighted by Crippen LogP contribution is 2.07. The number of rotatable bonds is 4. The molecule has 0 unspecified atom stereocenters. The molecule has 110 valence electrons. The number of likely N-dealkylation sites (N-methyl/N-ethyl adjacent to an activating group) is 1. The lowest BCUT2D eigenvalue weighted by Crippen LogP contribution is -2.34. The lowest BCUT2D eigenvalue weighted by molar-refractivity contribution is -0.131. The average Bonchev–Trinajstić information content (AvgIpc) is 2.40. The molecule has 0 N–H and O–H groups in total. The quantitative estimate of drug-likeness (QED) is 0.838. The first-order chi connectivity index (χ1) is 9.95. The number of aromatic nitrogens is 3. The number of aryl methyl sites for hydroxylation is 2. The number of carbonyl (C=O) groups is 1. The molecule has 0 saturated carbocycles. The van der Waals surface area contributed by atoms with Gasteiger partial charge in [0.2, 0.25) is 5.91 Å². The Labute approximate surface area is 123 Å². The maximum Gasteiger partial charge on any atom is 0.347 e. The molecule has 2 rings (SSSR count). The first-order valence-electron chi connectivity index (χ1n) is 6.65. The smallest absolute Gasteiger partial charge is 0.338 e. The minimum atomic E-state index is -0.427. The second kappa shape index (κ2) is 6.30. The van der Waals surface area contributed by atoms with E-state index in [4.69, 9.17) is 0 Å². The zero-order chi connectivity index (χ0) is 15.4. The van der Waals surface area contributed by atoms with Gasteiger partial charge in [-0.2, -0.15) is 0 Å². The largest absolute Gasteiger partial charge is 0.347 e. The van der Waals surface area contributed by atoms with E-state index in [2.05, 4.69) is 9.97 Å². The lowest BCUT2D eigenvalue weighted by Gasteiger charge is -2.17. The first-order valence-corrected chi connectivity index (χ1v) is 6.65. The van der Waals surface area contributed by atoms with Crippen molar-refractivity contribution in [1.29, 1.82) is 0 Å². The Morgan fingerprint density at radius 1 is 1.33 bits per heavy atom. The summed E-state index contributed by atoms with van der Waals surface area (Å²) in [7, 11) is 1.70. The summed E-state index contributed by atoms with van der Waals surface area (Å²) >= 11 is 0. The number of nitrogens with zero attached hydrogens (tertiary/aromatic N) is 4. The van der Waals surface area contributed by atoms with Gasteiger partial charge in [-0.25, -0.2) is 9.78 Å². The molecule has 2 aromatic rings. The van der Waals surface area contributed by atoms with Crippen LogP contribution in [0, 0.1) is 13.8 Å². The zero-order valence-corrected chi connectivity index (χ0v) is 12.4. The van der Waals surface area contributed by atoms with Crippen molar-refractivity contribution in [3.63, 3.8) is 0 Å². The van der Waals surface area contributed by atoms with E-state index in [-0.39, 0.29) is 12.5 Å². The molecule has 2 heterocycles. The molecule has 6 heteroatoms. The van der Waals surface area contributed by atoms with E-state index in [1.54, 1.807) is 24.2 Å². The SMILES string of the molecule is Cc1cc(C)nc(CN(C)C(=O)Cn2cccnc2=O)c1. The molecule has 0 aliphatic rings. The molecule has 21 heavy (non-hydrogen) atoms. The third-order valence-electron chi connectivity index (χ3n) is 3.06. The lowest BCUT2D eigenvalue weighted by atomic mass is 10.2. The van der Waals surface area contributed by atoms with Crippen LogP contribution in [0.25, 0.3) is 0 Å². The molecule has 0 aliphatic heterocycles. The van der Waals surface area contributed by atoms with Crippen LogP contribution in [0.4, 0.5) is 0 Å². The van der Waals surface area contributed by atoms with Crippen molar-refractivity contribution >= 4 is 5.91 Å². The van der Waals surface area contributed by atoms with Crippen molar-refractivity contribution in [3.05, 3.63) is 58.0 Å². The second-order valence-corrected chi connectivity index (χ2v) is 5.06. The van der Waals surface area contributed by atoms with Gasteiger partial charge in [-0.3, -0.25) is 14.3 Å². The van der Waals surface area contributed by atoms with Gasteiger partial charge in [-0.15, -0.1) is 0 Å². The molecular weight excluding hydrogens is 268 g/mol. The molecular formula is C15H18N4O2. The normalized spacial score (nSPS) is 10.4. The van der Waals surface area contributed by atoms with E-state index < -0.39 is 5.69 Å². The van der Waals surface area contributed by atoms with Crippen LogP contribution >= 0.6 is 0 Å². The standard InChI is InChI=1S/C15H18N4O2/c1-11-7-12(2)17-13(8-11)9-18(3)14(20)10-19-6-4-5-16-15(19)21/h4-8H,9-10H2,1-3H3. The average molecular weight is 286 g/mol. The molecule has 0 aliphatic carbocycles. The Balaban J connectivity index is 2.06. The van der Waals surface area contributed by atoms with E-state index in [1.165, 1.54) is 10.8 Å². The van der Waals surface area contributed by atoms with Gasteiger partial charge in [0.1, 0.15) is 6.54 Å². The highest BCUT2D eigenvalue weighted by Gasteiger charge is 2.12. The van der Waals surface area contributed by atoms with Crippen LogP contribution in [0.3, 0.4) is 0 Å². The number of hydrogen-bond donors (Lipinski definition) is 0. The van der Waals surface area contributed by atoms with Gasteiger partial charge in [-0.1, -0.05) is 0 Å². The summed E-state index contributed by atoms with van der Waals surface area (Å²) in [5.41, 5.74) is 2.45. The Kier molecular flexibility index (Phi) is 4.47.